The number of aromatic nitrogens is 1. The van der Waals surface area contributed by atoms with Gasteiger partial charge in [0.25, 0.3) is 5.91 Å². The molecule has 0 aliphatic rings. The second-order valence-electron chi connectivity index (χ2n) is 4.70. The van der Waals surface area contributed by atoms with Crippen molar-refractivity contribution in [2.24, 2.45) is 0 Å². The van der Waals surface area contributed by atoms with Gasteiger partial charge in [-0.05, 0) is 36.1 Å². The average molecular weight is 262 g/mol. The van der Waals surface area contributed by atoms with Crippen LogP contribution in [0.2, 0.25) is 0 Å². The first-order valence-electron chi connectivity index (χ1n) is 6.46. The lowest BCUT2D eigenvalue weighted by molar-refractivity contribution is 0.102. The number of hydrogen-bond donors (Lipinski definition) is 1. The van der Waals surface area contributed by atoms with E-state index in [1.54, 1.807) is 6.20 Å². The van der Waals surface area contributed by atoms with Crippen molar-refractivity contribution in [1.82, 2.24) is 4.98 Å². The monoisotopic (exact) mass is 262 g/mol. The molecule has 0 atom stereocenters. The van der Waals surface area contributed by atoms with Gasteiger partial charge < -0.3 is 5.32 Å². The van der Waals surface area contributed by atoms with E-state index in [0.29, 0.717) is 5.69 Å². The summed E-state index contributed by atoms with van der Waals surface area (Å²) in [5.74, 6) is -0.188. The number of carbonyl (C=O) groups is 1. The van der Waals surface area contributed by atoms with Crippen LogP contribution < -0.4 is 5.32 Å². The van der Waals surface area contributed by atoms with Gasteiger partial charge in [0, 0.05) is 17.3 Å². The van der Waals surface area contributed by atoms with Crippen LogP contribution in [0.5, 0.6) is 0 Å². The summed E-state index contributed by atoms with van der Waals surface area (Å²) in [5.41, 5.74) is 2.34. The van der Waals surface area contributed by atoms with Crippen LogP contribution in [0, 0.1) is 6.92 Å². The minimum atomic E-state index is -0.188. The summed E-state index contributed by atoms with van der Waals surface area (Å²) >= 11 is 0. The maximum Gasteiger partial charge on any atom is 0.274 e. The Labute approximate surface area is 117 Å². The van der Waals surface area contributed by atoms with E-state index in [-0.39, 0.29) is 5.91 Å². The van der Waals surface area contributed by atoms with E-state index in [1.165, 1.54) is 0 Å². The Kier molecular flexibility index (Phi) is 3.17. The Morgan fingerprint density at radius 1 is 1.05 bits per heavy atom. The zero-order valence-electron chi connectivity index (χ0n) is 11.1. The summed E-state index contributed by atoms with van der Waals surface area (Å²) in [6, 6.07) is 17.4. The highest BCUT2D eigenvalue weighted by Gasteiger charge is 2.11. The first-order valence-corrected chi connectivity index (χ1v) is 6.46. The fourth-order valence-corrected chi connectivity index (χ4v) is 2.21. The van der Waals surface area contributed by atoms with E-state index < -0.39 is 0 Å². The largest absolute Gasteiger partial charge is 0.321 e. The SMILES string of the molecule is Cc1cccc(NC(=O)c2nccc3ccccc23)c1. The molecule has 0 bridgehead atoms. The first-order chi connectivity index (χ1) is 9.74. The minimum Gasteiger partial charge on any atom is -0.321 e. The Balaban J connectivity index is 1.97. The molecule has 3 heteroatoms. The summed E-state index contributed by atoms with van der Waals surface area (Å²) in [6.45, 7) is 1.99. The molecule has 1 aromatic heterocycles. The molecule has 20 heavy (non-hydrogen) atoms. The van der Waals surface area contributed by atoms with Crippen molar-refractivity contribution in [2.75, 3.05) is 5.32 Å². The molecule has 1 heterocycles. The number of carbonyl (C=O) groups excluding carboxylic acids is 1. The van der Waals surface area contributed by atoms with Gasteiger partial charge in [0.2, 0.25) is 0 Å². The van der Waals surface area contributed by atoms with Gasteiger partial charge in [0.15, 0.2) is 0 Å². The normalized spacial score (nSPS) is 10.4. The van der Waals surface area contributed by atoms with E-state index >= 15 is 0 Å². The Morgan fingerprint density at radius 3 is 2.75 bits per heavy atom. The number of benzene rings is 2. The van der Waals surface area contributed by atoms with Crippen LogP contribution in [0.15, 0.2) is 60.8 Å². The molecule has 0 aliphatic heterocycles. The van der Waals surface area contributed by atoms with Crippen LogP contribution >= 0.6 is 0 Å². The van der Waals surface area contributed by atoms with Crippen molar-refractivity contribution in [3.8, 4) is 0 Å². The standard InChI is InChI=1S/C17H14N2O/c1-12-5-4-7-14(11-12)19-17(20)16-15-8-3-2-6-13(15)9-10-18-16/h2-11H,1H3,(H,19,20). The lowest BCUT2D eigenvalue weighted by Gasteiger charge is -2.07. The van der Waals surface area contributed by atoms with Gasteiger partial charge in [-0.1, -0.05) is 36.4 Å². The van der Waals surface area contributed by atoms with Crippen LogP contribution in [0.25, 0.3) is 10.8 Å². The van der Waals surface area contributed by atoms with Crippen LogP contribution in [0.4, 0.5) is 5.69 Å². The molecule has 0 aliphatic carbocycles. The van der Waals surface area contributed by atoms with Crippen molar-refractivity contribution in [3.63, 3.8) is 0 Å². The van der Waals surface area contributed by atoms with Gasteiger partial charge in [-0.3, -0.25) is 9.78 Å². The topological polar surface area (TPSA) is 42.0 Å². The molecule has 98 valence electrons. The molecule has 0 fully saturated rings. The molecule has 3 rings (SSSR count). The van der Waals surface area contributed by atoms with Crippen molar-refractivity contribution in [3.05, 3.63) is 72.1 Å². The third-order valence-corrected chi connectivity index (χ3v) is 3.16. The quantitative estimate of drug-likeness (QED) is 0.763. The number of anilines is 1. The summed E-state index contributed by atoms with van der Waals surface area (Å²) in [5, 5.41) is 4.76. The summed E-state index contributed by atoms with van der Waals surface area (Å²) in [6.07, 6.45) is 1.66. The molecule has 0 spiro atoms. The second kappa shape index (κ2) is 5.13. The van der Waals surface area contributed by atoms with Crippen LogP contribution in [0.3, 0.4) is 0 Å². The third kappa shape index (κ3) is 2.38. The maximum atomic E-state index is 12.4. The number of fused-ring (bicyclic) bond motifs is 1. The van der Waals surface area contributed by atoms with E-state index in [9.17, 15) is 4.79 Å². The van der Waals surface area contributed by atoms with Crippen molar-refractivity contribution < 1.29 is 4.79 Å². The number of aryl methyl sites for hydroxylation is 1. The fourth-order valence-electron chi connectivity index (χ4n) is 2.21. The smallest absolute Gasteiger partial charge is 0.274 e. The predicted molar refractivity (Wildman–Crippen MR) is 80.9 cm³/mol. The van der Waals surface area contributed by atoms with Gasteiger partial charge in [-0.25, -0.2) is 0 Å². The molecule has 1 amide bonds. The summed E-state index contributed by atoms with van der Waals surface area (Å²) in [4.78, 5) is 16.6. The summed E-state index contributed by atoms with van der Waals surface area (Å²) < 4.78 is 0. The third-order valence-electron chi connectivity index (χ3n) is 3.16. The molecular formula is C17H14N2O. The predicted octanol–water partition coefficient (Wildman–Crippen LogP) is 3.80. The van der Waals surface area contributed by atoms with E-state index in [1.807, 2.05) is 61.5 Å². The molecule has 3 nitrogen and oxygen atoms in total. The Hall–Kier alpha value is -2.68. The maximum absolute atomic E-state index is 12.4. The van der Waals surface area contributed by atoms with E-state index in [4.69, 9.17) is 0 Å². The van der Waals surface area contributed by atoms with Gasteiger partial charge in [-0.2, -0.15) is 0 Å². The molecular weight excluding hydrogens is 248 g/mol. The lowest BCUT2D eigenvalue weighted by atomic mass is 10.1. The first kappa shape index (κ1) is 12.4. The molecule has 0 radical (unpaired) electrons. The molecule has 0 unspecified atom stereocenters. The molecule has 1 N–H and O–H groups in total. The molecule has 0 saturated heterocycles. The number of nitrogens with one attached hydrogen (secondary N) is 1. The fraction of sp³-hybridized carbons (Fsp3) is 0.0588. The Bertz CT molecular complexity index is 775. The number of amides is 1. The van der Waals surface area contributed by atoms with Crippen LogP contribution in [-0.4, -0.2) is 10.9 Å². The minimum absolute atomic E-state index is 0.188. The van der Waals surface area contributed by atoms with Crippen LogP contribution in [-0.2, 0) is 0 Å². The number of rotatable bonds is 2. The highest BCUT2D eigenvalue weighted by Crippen LogP contribution is 2.18. The molecule has 0 saturated carbocycles. The van der Waals surface area contributed by atoms with Gasteiger partial charge in [-0.15, -0.1) is 0 Å². The highest BCUT2D eigenvalue weighted by atomic mass is 16.1. The molecule has 2 aromatic carbocycles. The highest BCUT2D eigenvalue weighted by molar-refractivity contribution is 6.11. The van der Waals surface area contributed by atoms with Gasteiger partial charge in [0.05, 0.1) is 0 Å². The van der Waals surface area contributed by atoms with Crippen molar-refractivity contribution in [2.45, 2.75) is 6.92 Å². The Morgan fingerprint density at radius 2 is 1.90 bits per heavy atom. The van der Waals surface area contributed by atoms with Crippen molar-refractivity contribution in [1.29, 1.82) is 0 Å². The number of nitrogens with zero attached hydrogens (tertiary/aromatic N) is 1. The number of hydrogen-bond acceptors (Lipinski definition) is 2. The summed E-state index contributed by atoms with van der Waals surface area (Å²) in [7, 11) is 0. The van der Waals surface area contributed by atoms with Crippen LogP contribution in [0.1, 0.15) is 16.1 Å². The molecule has 3 aromatic rings. The number of pyridine rings is 1. The van der Waals surface area contributed by atoms with E-state index in [2.05, 4.69) is 10.3 Å². The van der Waals surface area contributed by atoms with Gasteiger partial charge >= 0.3 is 0 Å². The zero-order valence-corrected chi connectivity index (χ0v) is 11.1. The zero-order chi connectivity index (χ0) is 13.9. The van der Waals surface area contributed by atoms with E-state index in [0.717, 1.165) is 22.0 Å². The van der Waals surface area contributed by atoms with Gasteiger partial charge in [0.1, 0.15) is 5.69 Å². The second-order valence-corrected chi connectivity index (χ2v) is 4.70. The van der Waals surface area contributed by atoms with Crippen molar-refractivity contribution >= 4 is 22.4 Å². The lowest BCUT2D eigenvalue weighted by Crippen LogP contribution is -2.14. The average Bonchev–Trinajstić information content (AvgIpc) is 2.46.